The van der Waals surface area contributed by atoms with Crippen molar-refractivity contribution in [3.63, 3.8) is 0 Å². The first-order valence-electron chi connectivity index (χ1n) is 7.92. The van der Waals surface area contributed by atoms with Crippen LogP contribution < -0.4 is 4.90 Å². The maximum atomic E-state index is 13.6. The lowest BCUT2D eigenvalue weighted by Crippen LogP contribution is -2.25. The van der Waals surface area contributed by atoms with Gasteiger partial charge < -0.3 is 4.90 Å². The van der Waals surface area contributed by atoms with Gasteiger partial charge in [-0.1, -0.05) is 48.5 Å². The van der Waals surface area contributed by atoms with Crippen LogP contribution in [0.5, 0.6) is 0 Å². The summed E-state index contributed by atoms with van der Waals surface area (Å²) in [6, 6.07) is 26.4. The molecule has 0 amide bonds. The fourth-order valence-corrected chi connectivity index (χ4v) is 3.31. The normalized spacial score (nSPS) is 10.6. The van der Waals surface area contributed by atoms with E-state index in [-0.39, 0.29) is 5.82 Å². The van der Waals surface area contributed by atoms with E-state index < -0.39 is 0 Å². The highest BCUT2D eigenvalue weighted by molar-refractivity contribution is 14.1. The monoisotopic (exact) mass is 430 g/mol. The van der Waals surface area contributed by atoms with Gasteiger partial charge >= 0.3 is 0 Å². The Morgan fingerprint density at radius 3 is 2.46 bits per heavy atom. The molecule has 0 aromatic heterocycles. The smallest absolute Gasteiger partial charge is 0.125 e. The topological polar surface area (TPSA) is 3.24 Å². The van der Waals surface area contributed by atoms with E-state index in [1.54, 1.807) is 12.1 Å². The fourth-order valence-electron chi connectivity index (χ4n) is 2.65. The second-order valence-corrected chi connectivity index (χ2v) is 6.80. The van der Waals surface area contributed by atoms with E-state index in [0.29, 0.717) is 0 Å². The second kappa shape index (κ2) is 8.29. The molecule has 0 heterocycles. The Morgan fingerprint density at radius 2 is 1.71 bits per heavy atom. The van der Waals surface area contributed by atoms with Crippen LogP contribution >= 0.6 is 22.6 Å². The molecule has 1 nitrogen and oxygen atoms in total. The standard InChI is InChI=1S/C21H18FIN/c22-19-10-6-11-20(15-19)24(16-17-7-2-1-3-8-17)14-13-18-9-4-5-12-21(18)23/h1-10,12,15H,13-14,16H2. The molecule has 121 valence electrons. The number of anilines is 1. The maximum Gasteiger partial charge on any atom is 0.125 e. The summed E-state index contributed by atoms with van der Waals surface area (Å²) in [5, 5.41) is 0. The average molecular weight is 430 g/mol. The Kier molecular flexibility index (Phi) is 5.86. The van der Waals surface area contributed by atoms with Gasteiger partial charge in [-0.05, 0) is 64.4 Å². The number of halogens is 2. The van der Waals surface area contributed by atoms with E-state index in [9.17, 15) is 4.39 Å². The minimum atomic E-state index is -0.226. The van der Waals surface area contributed by atoms with Gasteiger partial charge in [0.1, 0.15) is 5.82 Å². The van der Waals surface area contributed by atoms with Gasteiger partial charge in [-0.15, -0.1) is 0 Å². The van der Waals surface area contributed by atoms with Gasteiger partial charge in [-0.3, -0.25) is 0 Å². The van der Waals surface area contributed by atoms with Crippen LogP contribution in [0.4, 0.5) is 10.1 Å². The van der Waals surface area contributed by atoms with Crippen molar-refractivity contribution in [2.75, 3.05) is 11.4 Å². The highest BCUT2D eigenvalue weighted by Gasteiger charge is 2.10. The Morgan fingerprint density at radius 1 is 0.958 bits per heavy atom. The SMILES string of the molecule is Fc1cc[c]c(N(CCc2ccccc2I)Cc2ccccc2)c1. The van der Waals surface area contributed by atoms with E-state index in [1.165, 1.54) is 20.8 Å². The predicted octanol–water partition coefficient (Wildman–Crippen LogP) is 5.48. The minimum Gasteiger partial charge on any atom is -0.366 e. The number of rotatable bonds is 6. The van der Waals surface area contributed by atoms with Crippen LogP contribution in [0.3, 0.4) is 0 Å². The summed E-state index contributed by atoms with van der Waals surface area (Å²) in [7, 11) is 0. The van der Waals surface area contributed by atoms with Crippen LogP contribution in [-0.4, -0.2) is 6.54 Å². The maximum absolute atomic E-state index is 13.6. The molecule has 0 atom stereocenters. The molecule has 0 unspecified atom stereocenters. The molecule has 1 radical (unpaired) electrons. The first kappa shape index (κ1) is 17.0. The zero-order valence-electron chi connectivity index (χ0n) is 13.3. The van der Waals surface area contributed by atoms with E-state index in [4.69, 9.17) is 0 Å². The summed E-state index contributed by atoms with van der Waals surface area (Å²) in [5.41, 5.74) is 3.32. The van der Waals surface area contributed by atoms with Crippen LogP contribution in [0.2, 0.25) is 0 Å². The minimum absolute atomic E-state index is 0.226. The zero-order chi connectivity index (χ0) is 16.8. The molecule has 0 aliphatic heterocycles. The van der Waals surface area contributed by atoms with Crippen molar-refractivity contribution >= 4 is 28.3 Å². The van der Waals surface area contributed by atoms with E-state index >= 15 is 0 Å². The van der Waals surface area contributed by atoms with Gasteiger partial charge in [-0.2, -0.15) is 0 Å². The molecule has 0 spiro atoms. The lowest BCUT2D eigenvalue weighted by atomic mass is 10.1. The van der Waals surface area contributed by atoms with Crippen LogP contribution in [0.25, 0.3) is 0 Å². The third-order valence-electron chi connectivity index (χ3n) is 3.91. The van der Waals surface area contributed by atoms with Crippen molar-refractivity contribution in [2.24, 2.45) is 0 Å². The number of hydrogen-bond donors (Lipinski definition) is 0. The molecular formula is C21H18FIN. The van der Waals surface area contributed by atoms with E-state index in [0.717, 1.165) is 25.2 Å². The van der Waals surface area contributed by atoms with Gasteiger partial charge in [0.2, 0.25) is 0 Å². The molecule has 0 fully saturated rings. The summed E-state index contributed by atoms with van der Waals surface area (Å²) in [6.45, 7) is 1.55. The summed E-state index contributed by atoms with van der Waals surface area (Å²) in [4.78, 5) is 2.18. The van der Waals surface area contributed by atoms with Crippen LogP contribution in [0, 0.1) is 15.5 Å². The van der Waals surface area contributed by atoms with E-state index in [2.05, 4.69) is 63.9 Å². The van der Waals surface area contributed by atoms with Crippen molar-refractivity contribution in [1.82, 2.24) is 0 Å². The Hall–Kier alpha value is -1.88. The molecule has 0 aliphatic rings. The van der Waals surface area contributed by atoms with Gasteiger partial charge in [0.15, 0.2) is 0 Å². The quantitative estimate of drug-likeness (QED) is 0.469. The molecular weight excluding hydrogens is 412 g/mol. The summed E-state index contributed by atoms with van der Waals surface area (Å²) < 4.78 is 14.9. The largest absolute Gasteiger partial charge is 0.366 e. The fraction of sp³-hybridized carbons (Fsp3) is 0.143. The Labute approximate surface area is 156 Å². The average Bonchev–Trinajstić information content (AvgIpc) is 2.61. The molecule has 0 saturated heterocycles. The molecule has 0 saturated carbocycles. The Bertz CT molecular complexity index is 789. The van der Waals surface area contributed by atoms with Crippen molar-refractivity contribution < 1.29 is 4.39 Å². The first-order valence-corrected chi connectivity index (χ1v) is 9.00. The van der Waals surface area contributed by atoms with Crippen LogP contribution in [-0.2, 0) is 13.0 Å². The van der Waals surface area contributed by atoms with Crippen molar-refractivity contribution in [2.45, 2.75) is 13.0 Å². The van der Waals surface area contributed by atoms with Gasteiger partial charge in [-0.25, -0.2) is 4.39 Å². The van der Waals surface area contributed by atoms with Crippen molar-refractivity contribution in [3.8, 4) is 0 Å². The molecule has 0 N–H and O–H groups in total. The molecule has 0 aliphatic carbocycles. The van der Waals surface area contributed by atoms with Gasteiger partial charge in [0.05, 0.1) is 0 Å². The first-order chi connectivity index (χ1) is 11.7. The predicted molar refractivity (Wildman–Crippen MR) is 106 cm³/mol. The zero-order valence-corrected chi connectivity index (χ0v) is 15.4. The van der Waals surface area contributed by atoms with Gasteiger partial charge in [0.25, 0.3) is 0 Å². The number of nitrogens with zero attached hydrogens (tertiary/aromatic N) is 1. The Balaban J connectivity index is 1.80. The molecule has 3 aromatic carbocycles. The third-order valence-corrected chi connectivity index (χ3v) is 4.97. The lowest BCUT2D eigenvalue weighted by Gasteiger charge is -2.25. The van der Waals surface area contributed by atoms with Crippen molar-refractivity contribution in [1.29, 1.82) is 0 Å². The number of benzene rings is 3. The summed E-state index contributed by atoms with van der Waals surface area (Å²) in [5.74, 6) is -0.226. The van der Waals surface area contributed by atoms with Crippen molar-refractivity contribution in [3.05, 3.63) is 99.4 Å². The molecule has 3 aromatic rings. The summed E-state index contributed by atoms with van der Waals surface area (Å²) >= 11 is 2.36. The molecule has 3 rings (SSSR count). The second-order valence-electron chi connectivity index (χ2n) is 5.64. The molecule has 0 bridgehead atoms. The van der Waals surface area contributed by atoms with Crippen LogP contribution in [0.1, 0.15) is 11.1 Å². The highest BCUT2D eigenvalue weighted by Crippen LogP contribution is 2.20. The van der Waals surface area contributed by atoms with Crippen LogP contribution in [0.15, 0.2) is 72.8 Å². The third kappa shape index (κ3) is 4.57. The lowest BCUT2D eigenvalue weighted by molar-refractivity contribution is 0.626. The van der Waals surface area contributed by atoms with E-state index in [1.807, 2.05) is 24.3 Å². The number of hydrogen-bond acceptors (Lipinski definition) is 1. The molecule has 24 heavy (non-hydrogen) atoms. The molecule has 3 heteroatoms. The highest BCUT2D eigenvalue weighted by atomic mass is 127. The van der Waals surface area contributed by atoms with Gasteiger partial charge in [0, 0.05) is 28.4 Å². The summed E-state index contributed by atoms with van der Waals surface area (Å²) in [6.07, 6.45) is 0.913.